The molecule has 1 fully saturated rings. The molecule has 1 aliphatic heterocycles. The fourth-order valence-corrected chi connectivity index (χ4v) is 2.41. The summed E-state index contributed by atoms with van der Waals surface area (Å²) in [5.74, 6) is -0.149. The fourth-order valence-electron chi connectivity index (χ4n) is 2.41. The molecule has 3 rings (SSSR count). The topological polar surface area (TPSA) is 56.5 Å². The van der Waals surface area contributed by atoms with Crippen LogP contribution < -0.4 is 0 Å². The molecule has 5 nitrogen and oxygen atoms in total. The van der Waals surface area contributed by atoms with E-state index >= 15 is 0 Å². The summed E-state index contributed by atoms with van der Waals surface area (Å²) in [5, 5.41) is 4.48. The van der Waals surface area contributed by atoms with Crippen molar-refractivity contribution in [2.24, 2.45) is 4.99 Å². The minimum atomic E-state index is -0.547. The van der Waals surface area contributed by atoms with Crippen LogP contribution >= 0.6 is 0 Å². The lowest BCUT2D eigenvalue weighted by Gasteiger charge is -2.39. The number of hydrogen-bond donors (Lipinski definition) is 0. The van der Waals surface area contributed by atoms with Gasteiger partial charge in [-0.05, 0) is 26.2 Å². The zero-order chi connectivity index (χ0) is 11.9. The SMILES string of the molecule is CCOC(=O)C1(n2cc3c(n2)CN=C3)CCC1. The maximum absolute atomic E-state index is 12.1. The maximum Gasteiger partial charge on any atom is 0.334 e. The molecule has 1 saturated carbocycles. The van der Waals surface area contributed by atoms with E-state index in [1.54, 1.807) is 4.68 Å². The summed E-state index contributed by atoms with van der Waals surface area (Å²) in [4.78, 5) is 16.2. The molecule has 0 bridgehead atoms. The van der Waals surface area contributed by atoms with Crippen LogP contribution in [0.4, 0.5) is 0 Å². The Morgan fingerprint density at radius 1 is 1.59 bits per heavy atom. The molecule has 0 saturated heterocycles. The van der Waals surface area contributed by atoms with Crippen LogP contribution in [-0.2, 0) is 21.6 Å². The predicted molar refractivity (Wildman–Crippen MR) is 62.0 cm³/mol. The third kappa shape index (κ3) is 1.41. The summed E-state index contributed by atoms with van der Waals surface area (Å²) in [6.45, 7) is 2.88. The summed E-state index contributed by atoms with van der Waals surface area (Å²) in [7, 11) is 0. The first-order chi connectivity index (χ1) is 8.26. The number of aromatic nitrogens is 2. The van der Waals surface area contributed by atoms with Gasteiger partial charge in [-0.3, -0.25) is 9.67 Å². The molecule has 0 radical (unpaired) electrons. The molecule has 0 spiro atoms. The van der Waals surface area contributed by atoms with Gasteiger partial charge in [-0.2, -0.15) is 5.10 Å². The molecule has 0 N–H and O–H groups in total. The summed E-state index contributed by atoms with van der Waals surface area (Å²) >= 11 is 0. The number of ether oxygens (including phenoxy) is 1. The van der Waals surface area contributed by atoms with Crippen molar-refractivity contribution >= 4 is 12.2 Å². The number of carbonyl (C=O) groups is 1. The number of rotatable bonds is 3. The summed E-state index contributed by atoms with van der Waals surface area (Å²) in [6, 6.07) is 0. The van der Waals surface area contributed by atoms with Gasteiger partial charge in [-0.25, -0.2) is 4.79 Å². The second-order valence-corrected chi connectivity index (χ2v) is 4.55. The van der Waals surface area contributed by atoms with E-state index in [1.807, 2.05) is 19.3 Å². The second kappa shape index (κ2) is 3.68. The lowest BCUT2D eigenvalue weighted by Crippen LogP contribution is -2.49. The van der Waals surface area contributed by atoms with Crippen LogP contribution in [0.3, 0.4) is 0 Å². The molecule has 1 aromatic rings. The van der Waals surface area contributed by atoms with Crippen molar-refractivity contribution in [3.05, 3.63) is 17.5 Å². The summed E-state index contributed by atoms with van der Waals surface area (Å²) in [5.41, 5.74) is 1.44. The molecule has 0 atom stereocenters. The van der Waals surface area contributed by atoms with E-state index in [9.17, 15) is 4.79 Å². The van der Waals surface area contributed by atoms with E-state index in [4.69, 9.17) is 4.74 Å². The van der Waals surface area contributed by atoms with Crippen LogP contribution in [0, 0.1) is 0 Å². The van der Waals surface area contributed by atoms with Gasteiger partial charge < -0.3 is 4.74 Å². The molecule has 0 aromatic carbocycles. The van der Waals surface area contributed by atoms with Crippen molar-refractivity contribution in [1.82, 2.24) is 9.78 Å². The highest BCUT2D eigenvalue weighted by molar-refractivity contribution is 5.84. The number of nitrogens with zero attached hydrogens (tertiary/aromatic N) is 3. The first-order valence-corrected chi connectivity index (χ1v) is 6.02. The lowest BCUT2D eigenvalue weighted by molar-refractivity contribution is -0.160. The Hall–Kier alpha value is -1.65. The Morgan fingerprint density at radius 3 is 3.00 bits per heavy atom. The number of hydrogen-bond acceptors (Lipinski definition) is 4. The molecule has 90 valence electrons. The third-order valence-electron chi connectivity index (χ3n) is 3.57. The average Bonchev–Trinajstić information content (AvgIpc) is 2.76. The van der Waals surface area contributed by atoms with Crippen molar-refractivity contribution < 1.29 is 9.53 Å². The van der Waals surface area contributed by atoms with Gasteiger partial charge in [0.1, 0.15) is 0 Å². The molecule has 1 aliphatic carbocycles. The summed E-state index contributed by atoms with van der Waals surface area (Å²) in [6.07, 6.45) is 6.43. The first-order valence-electron chi connectivity index (χ1n) is 6.02. The highest BCUT2D eigenvalue weighted by Gasteiger charge is 2.48. The zero-order valence-corrected chi connectivity index (χ0v) is 9.85. The largest absolute Gasteiger partial charge is 0.464 e. The number of aliphatic imine (C=N–C) groups is 1. The van der Waals surface area contributed by atoms with E-state index in [-0.39, 0.29) is 5.97 Å². The average molecular weight is 233 g/mol. The Morgan fingerprint density at radius 2 is 2.41 bits per heavy atom. The van der Waals surface area contributed by atoms with Gasteiger partial charge in [0.05, 0.1) is 18.8 Å². The number of carbonyl (C=O) groups excluding carboxylic acids is 1. The van der Waals surface area contributed by atoms with Crippen LogP contribution in [0.1, 0.15) is 37.4 Å². The zero-order valence-electron chi connectivity index (χ0n) is 9.85. The van der Waals surface area contributed by atoms with Crippen molar-refractivity contribution in [3.63, 3.8) is 0 Å². The minimum Gasteiger partial charge on any atom is -0.464 e. The van der Waals surface area contributed by atoms with Gasteiger partial charge in [0.15, 0.2) is 5.54 Å². The van der Waals surface area contributed by atoms with E-state index in [0.717, 1.165) is 30.5 Å². The molecule has 17 heavy (non-hydrogen) atoms. The monoisotopic (exact) mass is 233 g/mol. The van der Waals surface area contributed by atoms with Crippen molar-refractivity contribution in [2.75, 3.05) is 6.61 Å². The van der Waals surface area contributed by atoms with Gasteiger partial charge in [-0.1, -0.05) is 0 Å². The number of esters is 1. The summed E-state index contributed by atoms with van der Waals surface area (Å²) < 4.78 is 6.97. The number of fused-ring (bicyclic) bond motifs is 1. The highest BCUT2D eigenvalue weighted by atomic mass is 16.5. The maximum atomic E-state index is 12.1. The van der Waals surface area contributed by atoms with Gasteiger partial charge in [0, 0.05) is 18.0 Å². The van der Waals surface area contributed by atoms with Crippen molar-refractivity contribution in [2.45, 2.75) is 38.3 Å². The van der Waals surface area contributed by atoms with E-state index in [2.05, 4.69) is 10.1 Å². The van der Waals surface area contributed by atoms with Crippen molar-refractivity contribution in [1.29, 1.82) is 0 Å². The molecular weight excluding hydrogens is 218 g/mol. The quantitative estimate of drug-likeness (QED) is 0.738. The fraction of sp³-hybridized carbons (Fsp3) is 0.583. The van der Waals surface area contributed by atoms with Crippen molar-refractivity contribution in [3.8, 4) is 0 Å². The molecule has 5 heteroatoms. The second-order valence-electron chi connectivity index (χ2n) is 4.55. The van der Waals surface area contributed by atoms with Gasteiger partial charge >= 0.3 is 5.97 Å². The van der Waals surface area contributed by atoms with Crippen LogP contribution in [0.25, 0.3) is 0 Å². The minimum absolute atomic E-state index is 0.149. The standard InChI is InChI=1S/C12H15N3O2/c1-2-17-11(16)12(4-3-5-12)15-8-9-6-13-7-10(9)14-15/h6,8H,2-5,7H2,1H3. The van der Waals surface area contributed by atoms with Crippen LogP contribution in [0.5, 0.6) is 0 Å². The third-order valence-corrected chi connectivity index (χ3v) is 3.57. The van der Waals surface area contributed by atoms with E-state index in [1.165, 1.54) is 0 Å². The van der Waals surface area contributed by atoms with Crippen LogP contribution in [-0.4, -0.2) is 28.6 Å². The van der Waals surface area contributed by atoms with Crippen LogP contribution in [0.2, 0.25) is 0 Å². The van der Waals surface area contributed by atoms with E-state index in [0.29, 0.717) is 13.2 Å². The van der Waals surface area contributed by atoms with Gasteiger partial charge in [0.2, 0.25) is 0 Å². The molecule has 0 unspecified atom stereocenters. The molecule has 1 aromatic heterocycles. The first kappa shape index (κ1) is 10.5. The Labute approximate surface area is 99.5 Å². The highest BCUT2D eigenvalue weighted by Crippen LogP contribution is 2.40. The Bertz CT molecular complexity index is 486. The lowest BCUT2D eigenvalue weighted by atomic mass is 9.77. The smallest absolute Gasteiger partial charge is 0.334 e. The molecule has 0 amide bonds. The van der Waals surface area contributed by atoms with Crippen LogP contribution in [0.15, 0.2) is 11.2 Å². The molecular formula is C12H15N3O2. The molecule has 2 aliphatic rings. The Balaban J connectivity index is 1.94. The van der Waals surface area contributed by atoms with E-state index < -0.39 is 5.54 Å². The normalized spacial score (nSPS) is 19.8. The predicted octanol–water partition coefficient (Wildman–Crippen LogP) is 1.26. The Kier molecular flexibility index (Phi) is 2.28. The van der Waals surface area contributed by atoms with Gasteiger partial charge in [-0.15, -0.1) is 0 Å². The van der Waals surface area contributed by atoms with Gasteiger partial charge in [0.25, 0.3) is 0 Å². The molecule has 2 heterocycles.